The minimum absolute atomic E-state index is 0.155. The molecule has 2 aromatic carbocycles. The number of terminal acetylenes is 1. The lowest BCUT2D eigenvalue weighted by Crippen LogP contribution is -2.17. The number of nitrogens with zero attached hydrogens (tertiary/aromatic N) is 1. The van der Waals surface area contributed by atoms with Gasteiger partial charge in [-0.15, -0.1) is 6.42 Å². The van der Waals surface area contributed by atoms with E-state index < -0.39 is 0 Å². The van der Waals surface area contributed by atoms with Gasteiger partial charge in [-0.25, -0.2) is 5.43 Å². The van der Waals surface area contributed by atoms with Gasteiger partial charge >= 0.3 is 0 Å². The first-order chi connectivity index (χ1) is 13.2. The highest BCUT2D eigenvalue weighted by molar-refractivity contribution is 5.95. The smallest absolute Gasteiger partial charge is 0.271 e. The van der Waals surface area contributed by atoms with Gasteiger partial charge in [0, 0.05) is 5.56 Å². The van der Waals surface area contributed by atoms with E-state index in [4.69, 9.17) is 20.6 Å². The van der Waals surface area contributed by atoms with Gasteiger partial charge in [0.2, 0.25) is 0 Å². The Balaban J connectivity index is 1.96. The van der Waals surface area contributed by atoms with E-state index in [0.717, 1.165) is 17.7 Å². The van der Waals surface area contributed by atoms with E-state index >= 15 is 0 Å². The first-order valence-corrected chi connectivity index (χ1v) is 8.48. The molecule has 0 aliphatic carbocycles. The molecule has 0 aromatic heterocycles. The van der Waals surface area contributed by atoms with Gasteiger partial charge in [-0.2, -0.15) is 5.10 Å². The minimum atomic E-state index is -0.311. The van der Waals surface area contributed by atoms with E-state index in [9.17, 15) is 4.79 Å². The van der Waals surface area contributed by atoms with Crippen LogP contribution in [0.4, 0.5) is 0 Å². The van der Waals surface area contributed by atoms with E-state index in [1.807, 2.05) is 6.92 Å². The molecule has 0 radical (unpaired) electrons. The van der Waals surface area contributed by atoms with Gasteiger partial charge in [-0.05, 0) is 54.4 Å². The lowest BCUT2D eigenvalue weighted by Gasteiger charge is -2.09. The van der Waals surface area contributed by atoms with Crippen LogP contribution < -0.4 is 19.6 Å². The number of nitrogens with one attached hydrogen (secondary N) is 1. The van der Waals surface area contributed by atoms with Crippen LogP contribution in [0.25, 0.3) is 0 Å². The molecule has 1 amide bonds. The zero-order valence-electron chi connectivity index (χ0n) is 15.4. The highest BCUT2D eigenvalue weighted by atomic mass is 16.5. The van der Waals surface area contributed by atoms with Gasteiger partial charge in [-0.3, -0.25) is 4.79 Å². The van der Waals surface area contributed by atoms with Crippen LogP contribution in [0.3, 0.4) is 0 Å². The largest absolute Gasteiger partial charge is 0.494 e. The van der Waals surface area contributed by atoms with Crippen molar-refractivity contribution in [1.82, 2.24) is 5.43 Å². The molecular formula is C21H22N2O4. The summed E-state index contributed by atoms with van der Waals surface area (Å²) >= 11 is 0. The van der Waals surface area contributed by atoms with Crippen LogP contribution in [0.2, 0.25) is 0 Å². The molecule has 0 heterocycles. The van der Waals surface area contributed by atoms with Crippen LogP contribution in [0, 0.1) is 12.3 Å². The molecule has 6 heteroatoms. The average Bonchev–Trinajstić information content (AvgIpc) is 2.71. The monoisotopic (exact) mass is 366 g/mol. The number of ether oxygens (including phenoxy) is 3. The fourth-order valence-corrected chi connectivity index (χ4v) is 2.16. The van der Waals surface area contributed by atoms with Crippen molar-refractivity contribution in [3.63, 3.8) is 0 Å². The first kappa shape index (κ1) is 19.9. The van der Waals surface area contributed by atoms with Crippen LogP contribution in [0.5, 0.6) is 17.2 Å². The maximum atomic E-state index is 12.1. The average molecular weight is 366 g/mol. The van der Waals surface area contributed by atoms with Gasteiger partial charge in [0.15, 0.2) is 11.5 Å². The summed E-state index contributed by atoms with van der Waals surface area (Å²) in [6, 6.07) is 12.1. The Morgan fingerprint density at radius 1 is 1.19 bits per heavy atom. The van der Waals surface area contributed by atoms with Crippen molar-refractivity contribution in [1.29, 1.82) is 0 Å². The first-order valence-electron chi connectivity index (χ1n) is 8.48. The molecule has 0 saturated heterocycles. The molecule has 0 fully saturated rings. The summed E-state index contributed by atoms with van der Waals surface area (Å²) in [6.45, 7) is 2.83. The third-order valence-electron chi connectivity index (χ3n) is 3.47. The molecule has 0 atom stereocenters. The number of benzene rings is 2. The zero-order valence-corrected chi connectivity index (χ0v) is 15.4. The Morgan fingerprint density at radius 3 is 2.63 bits per heavy atom. The van der Waals surface area contributed by atoms with E-state index in [2.05, 4.69) is 16.4 Å². The minimum Gasteiger partial charge on any atom is -0.494 e. The quantitative estimate of drug-likeness (QED) is 0.420. The van der Waals surface area contributed by atoms with Crippen molar-refractivity contribution < 1.29 is 19.0 Å². The van der Waals surface area contributed by atoms with Gasteiger partial charge in [-0.1, -0.05) is 12.8 Å². The highest BCUT2D eigenvalue weighted by Crippen LogP contribution is 2.27. The van der Waals surface area contributed by atoms with Crippen LogP contribution >= 0.6 is 0 Å². The zero-order chi connectivity index (χ0) is 19.5. The predicted molar refractivity (Wildman–Crippen MR) is 105 cm³/mol. The van der Waals surface area contributed by atoms with E-state index in [-0.39, 0.29) is 12.5 Å². The topological polar surface area (TPSA) is 69.2 Å². The fourth-order valence-electron chi connectivity index (χ4n) is 2.16. The number of carbonyl (C=O) groups excluding carboxylic acids is 1. The summed E-state index contributed by atoms with van der Waals surface area (Å²) in [5.74, 6) is 3.89. The summed E-state index contributed by atoms with van der Waals surface area (Å²) in [7, 11) is 1.54. The Labute approximate surface area is 159 Å². The Morgan fingerprint density at radius 2 is 1.96 bits per heavy atom. The molecule has 1 N–H and O–H groups in total. The van der Waals surface area contributed by atoms with Crippen molar-refractivity contribution in [3.8, 4) is 29.6 Å². The third kappa shape index (κ3) is 6.08. The number of rotatable bonds is 9. The van der Waals surface area contributed by atoms with E-state index in [1.54, 1.807) is 42.5 Å². The predicted octanol–water partition coefficient (Wildman–Crippen LogP) is 3.26. The number of hydrogen-bond acceptors (Lipinski definition) is 5. The standard InChI is InChI=1S/C21H22N2O4/c1-4-12-26-18-9-7-17(8-10-18)21(24)23-22-15-16-6-11-19(27-13-5-2)20(14-16)25-3/h2,6-11,14-15H,4,12-13H2,1,3H3,(H,23,24)/b22-15-. The maximum Gasteiger partial charge on any atom is 0.271 e. The van der Waals surface area contributed by atoms with E-state index in [0.29, 0.717) is 23.7 Å². The van der Waals surface area contributed by atoms with Crippen LogP contribution in [0.15, 0.2) is 47.6 Å². The number of hydrazone groups is 1. The molecule has 0 bridgehead atoms. The Kier molecular flexibility index (Phi) is 7.73. The Hall–Kier alpha value is -3.46. The summed E-state index contributed by atoms with van der Waals surface area (Å²) < 4.78 is 16.1. The van der Waals surface area contributed by atoms with Crippen molar-refractivity contribution in [2.75, 3.05) is 20.3 Å². The van der Waals surface area contributed by atoms with Gasteiger partial charge in [0.05, 0.1) is 19.9 Å². The van der Waals surface area contributed by atoms with Crippen molar-refractivity contribution in [2.45, 2.75) is 13.3 Å². The molecule has 2 aromatic rings. The second-order valence-electron chi connectivity index (χ2n) is 5.48. The summed E-state index contributed by atoms with van der Waals surface area (Å²) in [5.41, 5.74) is 3.72. The highest BCUT2D eigenvalue weighted by Gasteiger charge is 2.06. The third-order valence-corrected chi connectivity index (χ3v) is 3.47. The van der Waals surface area contributed by atoms with Crippen molar-refractivity contribution in [3.05, 3.63) is 53.6 Å². The fraction of sp³-hybridized carbons (Fsp3) is 0.238. The number of amides is 1. The second kappa shape index (κ2) is 10.5. The molecule has 27 heavy (non-hydrogen) atoms. The normalized spacial score (nSPS) is 10.3. The summed E-state index contributed by atoms with van der Waals surface area (Å²) in [5, 5.41) is 3.97. The molecule has 0 spiro atoms. The summed E-state index contributed by atoms with van der Waals surface area (Å²) in [6.07, 6.45) is 7.63. The number of hydrogen-bond donors (Lipinski definition) is 1. The lowest BCUT2D eigenvalue weighted by atomic mass is 10.2. The van der Waals surface area contributed by atoms with Crippen molar-refractivity contribution in [2.24, 2.45) is 5.10 Å². The molecule has 2 rings (SSSR count). The molecule has 0 aliphatic heterocycles. The van der Waals surface area contributed by atoms with Gasteiger partial charge < -0.3 is 14.2 Å². The maximum absolute atomic E-state index is 12.1. The Bertz CT molecular complexity index is 823. The number of methoxy groups -OCH3 is 1. The molecule has 6 nitrogen and oxygen atoms in total. The van der Waals surface area contributed by atoms with Crippen LogP contribution in [-0.4, -0.2) is 32.4 Å². The van der Waals surface area contributed by atoms with Gasteiger partial charge in [0.1, 0.15) is 12.4 Å². The van der Waals surface area contributed by atoms with Crippen LogP contribution in [0.1, 0.15) is 29.3 Å². The molecule has 0 saturated carbocycles. The molecule has 0 aliphatic rings. The second-order valence-corrected chi connectivity index (χ2v) is 5.48. The molecule has 0 unspecified atom stereocenters. The van der Waals surface area contributed by atoms with Crippen molar-refractivity contribution >= 4 is 12.1 Å². The summed E-state index contributed by atoms with van der Waals surface area (Å²) in [4.78, 5) is 12.1. The SMILES string of the molecule is C#CCOc1ccc(/C=N\NC(=O)c2ccc(OCCC)cc2)cc1OC. The van der Waals surface area contributed by atoms with Gasteiger partial charge in [0.25, 0.3) is 5.91 Å². The molecule has 140 valence electrons. The van der Waals surface area contributed by atoms with Crippen LogP contribution in [-0.2, 0) is 0 Å². The lowest BCUT2D eigenvalue weighted by molar-refractivity contribution is 0.0955. The number of carbonyl (C=O) groups is 1. The van der Waals surface area contributed by atoms with E-state index in [1.165, 1.54) is 13.3 Å². The molecular weight excluding hydrogens is 344 g/mol.